The Labute approximate surface area is 161 Å². The maximum Gasteiger partial charge on any atom is 0.338 e. The van der Waals surface area contributed by atoms with Crippen molar-refractivity contribution in [3.8, 4) is 0 Å². The molecule has 2 rings (SSSR count). The van der Waals surface area contributed by atoms with Crippen molar-refractivity contribution in [2.24, 2.45) is 5.92 Å². The predicted molar refractivity (Wildman–Crippen MR) is 110 cm³/mol. The Morgan fingerprint density at radius 3 is 2.38 bits per heavy atom. The van der Waals surface area contributed by atoms with Gasteiger partial charge in [0.15, 0.2) is 5.11 Å². The molecule has 0 unspecified atom stereocenters. The molecule has 0 radical (unpaired) electrons. The van der Waals surface area contributed by atoms with Crippen molar-refractivity contribution >= 4 is 29.0 Å². The van der Waals surface area contributed by atoms with Gasteiger partial charge in [0.2, 0.25) is 0 Å². The van der Waals surface area contributed by atoms with Crippen molar-refractivity contribution < 1.29 is 9.53 Å². The standard InChI is InChI=1S/C20H29N3O2S/c1-6-14(7-2)12-25-19(24)17-13(3)21-20(26)22-18(17)15-8-10-16(11-9-15)23(4)5/h8-11,14,18H,6-7,12H2,1-5H3,(H2,21,22,26)/t18-/m0/s1. The summed E-state index contributed by atoms with van der Waals surface area (Å²) < 4.78 is 5.62. The average molecular weight is 376 g/mol. The first kappa shape index (κ1) is 20.2. The molecule has 1 aromatic carbocycles. The molecular weight excluding hydrogens is 346 g/mol. The van der Waals surface area contributed by atoms with Crippen molar-refractivity contribution in [3.05, 3.63) is 41.1 Å². The van der Waals surface area contributed by atoms with Crippen LogP contribution in [0, 0.1) is 5.92 Å². The second kappa shape index (κ2) is 9.03. The molecule has 0 bridgehead atoms. The Bertz CT molecular complexity index is 679. The molecule has 6 heteroatoms. The highest BCUT2D eigenvalue weighted by Gasteiger charge is 2.31. The van der Waals surface area contributed by atoms with Gasteiger partial charge in [-0.1, -0.05) is 38.8 Å². The summed E-state index contributed by atoms with van der Waals surface area (Å²) in [6, 6.07) is 7.79. The number of allylic oxidation sites excluding steroid dienone is 1. The minimum absolute atomic E-state index is 0.293. The van der Waals surface area contributed by atoms with Gasteiger partial charge in [-0.15, -0.1) is 0 Å². The van der Waals surface area contributed by atoms with Crippen LogP contribution in [0.2, 0.25) is 0 Å². The van der Waals surface area contributed by atoms with E-state index in [4.69, 9.17) is 17.0 Å². The van der Waals surface area contributed by atoms with Gasteiger partial charge in [-0.2, -0.15) is 0 Å². The fourth-order valence-corrected chi connectivity index (χ4v) is 3.25. The van der Waals surface area contributed by atoms with Gasteiger partial charge >= 0.3 is 5.97 Å². The highest BCUT2D eigenvalue weighted by Crippen LogP contribution is 2.29. The van der Waals surface area contributed by atoms with Crippen molar-refractivity contribution in [2.75, 3.05) is 25.6 Å². The van der Waals surface area contributed by atoms with E-state index in [-0.39, 0.29) is 12.0 Å². The van der Waals surface area contributed by atoms with E-state index < -0.39 is 0 Å². The molecular formula is C20H29N3O2S. The van der Waals surface area contributed by atoms with E-state index in [0.717, 1.165) is 29.8 Å². The lowest BCUT2D eigenvalue weighted by Gasteiger charge is -2.30. The number of hydrogen-bond acceptors (Lipinski definition) is 4. The zero-order chi connectivity index (χ0) is 19.3. The van der Waals surface area contributed by atoms with E-state index in [2.05, 4.69) is 24.5 Å². The zero-order valence-electron chi connectivity index (χ0n) is 16.3. The van der Waals surface area contributed by atoms with Gasteiger partial charge in [0.25, 0.3) is 0 Å². The lowest BCUT2D eigenvalue weighted by atomic mass is 9.95. The SMILES string of the molecule is CCC(CC)COC(=O)C1=C(C)NC(=S)N[C@H]1c1ccc(N(C)C)cc1. The maximum atomic E-state index is 12.8. The van der Waals surface area contributed by atoms with Crippen molar-refractivity contribution in [1.29, 1.82) is 0 Å². The zero-order valence-corrected chi connectivity index (χ0v) is 17.1. The first-order chi connectivity index (χ1) is 12.4. The van der Waals surface area contributed by atoms with E-state index in [1.54, 1.807) is 0 Å². The van der Waals surface area contributed by atoms with Crippen LogP contribution in [-0.2, 0) is 9.53 Å². The lowest BCUT2D eigenvalue weighted by Crippen LogP contribution is -2.45. The predicted octanol–water partition coefficient (Wildman–Crippen LogP) is 3.52. The smallest absolute Gasteiger partial charge is 0.338 e. The maximum absolute atomic E-state index is 12.8. The van der Waals surface area contributed by atoms with Crippen LogP contribution in [0.15, 0.2) is 35.5 Å². The van der Waals surface area contributed by atoms with Gasteiger partial charge in [0, 0.05) is 25.5 Å². The Morgan fingerprint density at radius 1 is 1.23 bits per heavy atom. The number of esters is 1. The fourth-order valence-electron chi connectivity index (χ4n) is 2.98. The van der Waals surface area contributed by atoms with E-state index in [1.165, 1.54) is 0 Å². The normalized spacial score (nSPS) is 17.0. The Balaban J connectivity index is 2.26. The van der Waals surface area contributed by atoms with Gasteiger partial charge in [-0.05, 0) is 42.8 Å². The molecule has 1 heterocycles. The van der Waals surface area contributed by atoms with Crippen molar-refractivity contribution in [2.45, 2.75) is 39.7 Å². The quantitative estimate of drug-likeness (QED) is 0.562. The van der Waals surface area contributed by atoms with E-state index in [0.29, 0.717) is 23.2 Å². The Hall–Kier alpha value is -2.08. The minimum Gasteiger partial charge on any atom is -0.462 e. The van der Waals surface area contributed by atoms with E-state index in [9.17, 15) is 4.79 Å². The van der Waals surface area contributed by atoms with E-state index in [1.807, 2.05) is 50.2 Å². The molecule has 0 saturated heterocycles. The van der Waals surface area contributed by atoms with Crippen molar-refractivity contribution in [3.63, 3.8) is 0 Å². The van der Waals surface area contributed by atoms with Crippen LogP contribution in [0.25, 0.3) is 0 Å². The third-order valence-corrected chi connectivity index (χ3v) is 5.06. The second-order valence-electron chi connectivity index (χ2n) is 6.84. The average Bonchev–Trinajstić information content (AvgIpc) is 2.61. The second-order valence-corrected chi connectivity index (χ2v) is 7.25. The largest absolute Gasteiger partial charge is 0.462 e. The molecule has 0 amide bonds. The molecule has 0 fully saturated rings. The molecule has 1 aliphatic rings. The topological polar surface area (TPSA) is 53.6 Å². The van der Waals surface area contributed by atoms with Gasteiger partial charge in [0.05, 0.1) is 18.2 Å². The lowest BCUT2D eigenvalue weighted by molar-refractivity contribution is -0.141. The highest BCUT2D eigenvalue weighted by atomic mass is 32.1. The van der Waals surface area contributed by atoms with Gasteiger partial charge in [-0.3, -0.25) is 0 Å². The number of carbonyl (C=O) groups is 1. The molecule has 0 aromatic heterocycles. The number of thiocarbonyl (C=S) groups is 1. The van der Waals surface area contributed by atoms with Crippen LogP contribution in [0.5, 0.6) is 0 Å². The molecule has 1 aromatic rings. The number of ether oxygens (including phenoxy) is 1. The molecule has 26 heavy (non-hydrogen) atoms. The van der Waals surface area contributed by atoms with Gasteiger partial charge < -0.3 is 20.3 Å². The number of nitrogens with zero attached hydrogens (tertiary/aromatic N) is 1. The van der Waals surface area contributed by atoms with Gasteiger partial charge in [0.1, 0.15) is 0 Å². The summed E-state index contributed by atoms with van der Waals surface area (Å²) in [5.74, 6) is 0.0989. The molecule has 1 atom stereocenters. The van der Waals surface area contributed by atoms with Crippen LogP contribution in [0.1, 0.15) is 45.2 Å². The third-order valence-electron chi connectivity index (χ3n) is 4.84. The number of anilines is 1. The number of carbonyl (C=O) groups excluding carboxylic acids is 1. The van der Waals surface area contributed by atoms with Crippen molar-refractivity contribution in [1.82, 2.24) is 10.6 Å². The van der Waals surface area contributed by atoms with Gasteiger partial charge in [-0.25, -0.2) is 4.79 Å². The molecule has 2 N–H and O–H groups in total. The third kappa shape index (κ3) is 4.75. The Morgan fingerprint density at radius 2 is 1.85 bits per heavy atom. The summed E-state index contributed by atoms with van der Waals surface area (Å²) in [5, 5.41) is 6.77. The highest BCUT2D eigenvalue weighted by molar-refractivity contribution is 7.80. The summed E-state index contributed by atoms with van der Waals surface area (Å²) in [7, 11) is 4.00. The minimum atomic E-state index is -0.311. The summed E-state index contributed by atoms with van der Waals surface area (Å²) in [5.41, 5.74) is 3.41. The molecule has 0 spiro atoms. The molecule has 0 saturated carbocycles. The molecule has 5 nitrogen and oxygen atoms in total. The number of nitrogens with one attached hydrogen (secondary N) is 2. The summed E-state index contributed by atoms with van der Waals surface area (Å²) in [6.07, 6.45) is 2.00. The van der Waals surface area contributed by atoms with Crippen LogP contribution in [0.4, 0.5) is 5.69 Å². The summed E-state index contributed by atoms with van der Waals surface area (Å²) in [4.78, 5) is 14.8. The van der Waals surface area contributed by atoms with Crippen LogP contribution < -0.4 is 15.5 Å². The number of benzene rings is 1. The van der Waals surface area contributed by atoms with Crippen LogP contribution >= 0.6 is 12.2 Å². The monoisotopic (exact) mass is 375 g/mol. The molecule has 0 aliphatic carbocycles. The Kier molecular flexibility index (Phi) is 7.03. The van der Waals surface area contributed by atoms with Crippen LogP contribution in [0.3, 0.4) is 0 Å². The summed E-state index contributed by atoms with van der Waals surface area (Å²) in [6.45, 7) is 6.54. The fraction of sp³-hybridized carbons (Fsp3) is 0.500. The summed E-state index contributed by atoms with van der Waals surface area (Å²) >= 11 is 5.29. The molecule has 1 aliphatic heterocycles. The number of rotatable bonds is 7. The van der Waals surface area contributed by atoms with Crippen LogP contribution in [-0.4, -0.2) is 31.8 Å². The first-order valence-electron chi connectivity index (χ1n) is 9.10. The first-order valence-corrected chi connectivity index (χ1v) is 9.50. The number of hydrogen-bond donors (Lipinski definition) is 2. The van der Waals surface area contributed by atoms with E-state index >= 15 is 0 Å². The molecule has 142 valence electrons.